The summed E-state index contributed by atoms with van der Waals surface area (Å²) < 4.78 is 19.2. The number of carbonyl (C=O) groups excluding carboxylic acids is 2. The van der Waals surface area contributed by atoms with Crippen molar-refractivity contribution in [2.45, 2.75) is 25.8 Å². The van der Waals surface area contributed by atoms with Gasteiger partial charge in [-0.1, -0.05) is 12.1 Å². The van der Waals surface area contributed by atoms with Gasteiger partial charge in [-0.25, -0.2) is 9.37 Å². The lowest BCUT2D eigenvalue weighted by atomic mass is 9.80. The van der Waals surface area contributed by atoms with E-state index in [2.05, 4.69) is 10.3 Å². The van der Waals surface area contributed by atoms with E-state index >= 15 is 0 Å². The van der Waals surface area contributed by atoms with Crippen molar-refractivity contribution < 1.29 is 18.4 Å². The second-order valence-electron chi connectivity index (χ2n) is 5.64. The van der Waals surface area contributed by atoms with Crippen molar-refractivity contribution in [2.24, 2.45) is 11.7 Å². The number of oxazole rings is 1. The Morgan fingerprint density at radius 2 is 2.04 bits per heavy atom. The summed E-state index contributed by atoms with van der Waals surface area (Å²) in [5.74, 6) is -1.03. The summed E-state index contributed by atoms with van der Waals surface area (Å²) in [5.41, 5.74) is 5.51. The van der Waals surface area contributed by atoms with Crippen molar-refractivity contribution in [3.63, 3.8) is 0 Å². The first-order valence-electron chi connectivity index (χ1n) is 7.28. The topological polar surface area (TPSA) is 98.2 Å². The van der Waals surface area contributed by atoms with Crippen molar-refractivity contribution >= 4 is 11.8 Å². The fraction of sp³-hybridized carbons (Fsp3) is 0.312. The molecule has 0 saturated heterocycles. The molecule has 3 rings (SSSR count). The Morgan fingerprint density at radius 3 is 2.70 bits per heavy atom. The first kappa shape index (κ1) is 15.2. The maximum Gasteiger partial charge on any atom is 0.273 e. The van der Waals surface area contributed by atoms with E-state index in [4.69, 9.17) is 10.2 Å². The van der Waals surface area contributed by atoms with Crippen molar-refractivity contribution in [3.8, 4) is 11.5 Å². The number of carbonyl (C=O) groups is 2. The summed E-state index contributed by atoms with van der Waals surface area (Å²) in [6.07, 6.45) is 1.05. The molecule has 7 heteroatoms. The van der Waals surface area contributed by atoms with Gasteiger partial charge in [-0.05, 0) is 31.9 Å². The van der Waals surface area contributed by atoms with Gasteiger partial charge >= 0.3 is 0 Å². The second kappa shape index (κ2) is 5.83. The average Bonchev–Trinajstić information content (AvgIpc) is 2.84. The number of nitrogens with two attached hydrogens (primary N) is 1. The molecule has 0 bridgehead atoms. The van der Waals surface area contributed by atoms with Crippen LogP contribution in [0.5, 0.6) is 0 Å². The predicted octanol–water partition coefficient (Wildman–Crippen LogP) is 1.78. The third-order valence-corrected chi connectivity index (χ3v) is 3.99. The summed E-state index contributed by atoms with van der Waals surface area (Å²) in [7, 11) is 0. The molecule has 0 radical (unpaired) electrons. The molecule has 0 atom stereocenters. The summed E-state index contributed by atoms with van der Waals surface area (Å²) >= 11 is 0. The third-order valence-electron chi connectivity index (χ3n) is 3.99. The summed E-state index contributed by atoms with van der Waals surface area (Å²) in [6, 6.07) is 5.95. The Morgan fingerprint density at radius 1 is 1.35 bits per heavy atom. The summed E-state index contributed by atoms with van der Waals surface area (Å²) in [4.78, 5) is 27.3. The first-order valence-corrected chi connectivity index (χ1v) is 7.28. The lowest BCUT2D eigenvalue weighted by Crippen LogP contribution is -2.48. The first-order chi connectivity index (χ1) is 11.0. The van der Waals surface area contributed by atoms with Crippen LogP contribution < -0.4 is 11.1 Å². The van der Waals surface area contributed by atoms with Gasteiger partial charge in [0.25, 0.3) is 5.91 Å². The van der Waals surface area contributed by atoms with Gasteiger partial charge in [0, 0.05) is 12.0 Å². The predicted molar refractivity (Wildman–Crippen MR) is 79.8 cm³/mol. The maximum absolute atomic E-state index is 13.8. The number of nitrogens with one attached hydrogen (secondary N) is 1. The highest BCUT2D eigenvalue weighted by molar-refractivity contribution is 5.94. The van der Waals surface area contributed by atoms with Crippen LogP contribution in [0.15, 0.2) is 28.7 Å². The Balaban J connectivity index is 1.73. The molecule has 2 amide bonds. The molecular weight excluding hydrogens is 301 g/mol. The van der Waals surface area contributed by atoms with E-state index in [1.807, 2.05) is 0 Å². The van der Waals surface area contributed by atoms with E-state index in [0.29, 0.717) is 18.6 Å². The number of amides is 2. The number of nitrogens with zero attached hydrogens (tertiary/aromatic N) is 1. The van der Waals surface area contributed by atoms with E-state index in [9.17, 15) is 14.0 Å². The van der Waals surface area contributed by atoms with E-state index in [1.54, 1.807) is 19.1 Å². The molecule has 3 N–H and O–H groups in total. The number of hydrogen-bond donors (Lipinski definition) is 2. The fourth-order valence-corrected chi connectivity index (χ4v) is 2.58. The Hall–Kier alpha value is -2.70. The molecule has 1 fully saturated rings. The highest BCUT2D eigenvalue weighted by Crippen LogP contribution is 2.28. The lowest BCUT2D eigenvalue weighted by Gasteiger charge is -2.33. The number of hydrogen-bond acceptors (Lipinski definition) is 4. The van der Waals surface area contributed by atoms with Crippen LogP contribution in [0.3, 0.4) is 0 Å². The maximum atomic E-state index is 13.8. The number of aryl methyl sites for hydroxylation is 1. The van der Waals surface area contributed by atoms with E-state index in [0.717, 1.165) is 0 Å². The Labute approximate surface area is 131 Å². The molecule has 23 heavy (non-hydrogen) atoms. The molecule has 1 heterocycles. The molecule has 1 aromatic carbocycles. The molecule has 1 aromatic heterocycles. The molecule has 6 nitrogen and oxygen atoms in total. The van der Waals surface area contributed by atoms with Crippen LogP contribution in [0.1, 0.15) is 29.1 Å². The second-order valence-corrected chi connectivity index (χ2v) is 5.64. The van der Waals surface area contributed by atoms with Gasteiger partial charge in [0.15, 0.2) is 5.69 Å². The summed E-state index contributed by atoms with van der Waals surface area (Å²) in [5, 5.41) is 2.77. The van der Waals surface area contributed by atoms with Crippen LogP contribution in [-0.2, 0) is 4.79 Å². The number of halogens is 1. The van der Waals surface area contributed by atoms with Crippen LogP contribution in [0, 0.1) is 18.7 Å². The van der Waals surface area contributed by atoms with Gasteiger partial charge < -0.3 is 15.5 Å². The largest absolute Gasteiger partial charge is 0.440 e. The molecule has 0 spiro atoms. The van der Waals surface area contributed by atoms with Gasteiger partial charge in [0.05, 0.1) is 5.56 Å². The molecule has 1 aliphatic rings. The van der Waals surface area contributed by atoms with Crippen LogP contribution in [0.25, 0.3) is 11.5 Å². The smallest absolute Gasteiger partial charge is 0.273 e. The van der Waals surface area contributed by atoms with Gasteiger partial charge in [-0.2, -0.15) is 0 Å². The van der Waals surface area contributed by atoms with Crippen LogP contribution in [0.4, 0.5) is 4.39 Å². The van der Waals surface area contributed by atoms with Crippen molar-refractivity contribution in [1.82, 2.24) is 10.3 Å². The minimum Gasteiger partial charge on any atom is -0.440 e. The van der Waals surface area contributed by atoms with Crippen LogP contribution in [-0.4, -0.2) is 22.8 Å². The normalized spacial score (nSPS) is 19.9. The standard InChI is InChI=1S/C16H16FN3O3/c1-8-13(15(22)19-10-6-9(7-10)14(18)21)20-16(23-8)11-4-2-3-5-12(11)17/h2-5,9-10H,6-7H2,1H3,(H2,18,21)(H,19,22). The van der Waals surface area contributed by atoms with E-state index in [-0.39, 0.29) is 35.0 Å². The van der Waals surface area contributed by atoms with Gasteiger partial charge in [0.1, 0.15) is 11.6 Å². The van der Waals surface area contributed by atoms with Crippen molar-refractivity contribution in [3.05, 3.63) is 41.5 Å². The Bertz CT molecular complexity index is 766. The fourth-order valence-electron chi connectivity index (χ4n) is 2.58. The third kappa shape index (κ3) is 2.94. The molecule has 0 unspecified atom stereocenters. The number of aromatic nitrogens is 1. The molecule has 1 saturated carbocycles. The SMILES string of the molecule is Cc1oc(-c2ccccc2F)nc1C(=O)NC1CC(C(N)=O)C1. The molecule has 1 aliphatic carbocycles. The van der Waals surface area contributed by atoms with Gasteiger partial charge in [-0.15, -0.1) is 0 Å². The zero-order valence-electron chi connectivity index (χ0n) is 12.5. The average molecular weight is 317 g/mol. The van der Waals surface area contributed by atoms with E-state index < -0.39 is 11.7 Å². The zero-order valence-corrected chi connectivity index (χ0v) is 12.5. The lowest BCUT2D eigenvalue weighted by molar-refractivity contribution is -0.124. The monoisotopic (exact) mass is 317 g/mol. The highest BCUT2D eigenvalue weighted by atomic mass is 19.1. The molecule has 120 valence electrons. The zero-order chi connectivity index (χ0) is 16.6. The highest BCUT2D eigenvalue weighted by Gasteiger charge is 2.35. The molecule has 0 aliphatic heterocycles. The van der Waals surface area contributed by atoms with Crippen molar-refractivity contribution in [1.29, 1.82) is 0 Å². The van der Waals surface area contributed by atoms with E-state index in [1.165, 1.54) is 12.1 Å². The quantitative estimate of drug-likeness (QED) is 0.898. The van der Waals surface area contributed by atoms with Crippen LogP contribution >= 0.6 is 0 Å². The summed E-state index contributed by atoms with van der Waals surface area (Å²) in [6.45, 7) is 1.60. The van der Waals surface area contributed by atoms with Gasteiger partial charge in [-0.3, -0.25) is 9.59 Å². The van der Waals surface area contributed by atoms with Gasteiger partial charge in [0.2, 0.25) is 11.8 Å². The Kier molecular flexibility index (Phi) is 3.85. The van der Waals surface area contributed by atoms with Crippen molar-refractivity contribution in [2.75, 3.05) is 0 Å². The number of benzene rings is 1. The number of rotatable bonds is 4. The van der Waals surface area contributed by atoms with Crippen LogP contribution in [0.2, 0.25) is 0 Å². The molecule has 2 aromatic rings. The minimum atomic E-state index is -0.469. The molecular formula is C16H16FN3O3. The number of primary amides is 1. The minimum absolute atomic E-state index is 0.0642.